The van der Waals surface area contributed by atoms with E-state index in [4.69, 9.17) is 5.73 Å². The molecule has 61 heavy (non-hydrogen) atoms. The average Bonchev–Trinajstić information content (AvgIpc) is 3.26. The number of rotatable bonds is 23. The molecular weight excluding hydrogens is 807 g/mol. The number of carboxylic acid groups (broad SMARTS) is 1. The fraction of sp³-hybridized carbons (Fsp3) is 0.409. The second kappa shape index (κ2) is 23.0. The number of hydrogen-bond donors (Lipinski definition) is 6. The Kier molecular flexibility index (Phi) is 17.9. The van der Waals surface area contributed by atoms with E-state index in [2.05, 4.69) is 21.3 Å². The number of primary amides is 1. The van der Waals surface area contributed by atoms with E-state index in [0.29, 0.717) is 12.0 Å². The number of carbonyl (C=O) groups is 8. The highest BCUT2D eigenvalue weighted by Crippen LogP contribution is 2.29. The van der Waals surface area contributed by atoms with Crippen LogP contribution in [0.4, 0.5) is 0 Å². The Labute approximate surface area is 354 Å². The van der Waals surface area contributed by atoms with Crippen LogP contribution in [0.15, 0.2) is 89.8 Å². The number of nitrogens with two attached hydrogens (primary N) is 1. The van der Waals surface area contributed by atoms with Crippen molar-refractivity contribution in [3.8, 4) is 0 Å². The summed E-state index contributed by atoms with van der Waals surface area (Å²) < 4.78 is 27.2. The van der Waals surface area contributed by atoms with Crippen LogP contribution in [0.25, 0.3) is 0 Å². The molecule has 1 aliphatic carbocycles. The first kappa shape index (κ1) is 47.4. The van der Waals surface area contributed by atoms with E-state index < -0.39 is 93.2 Å². The predicted molar refractivity (Wildman–Crippen MR) is 223 cm³/mol. The number of carboxylic acids is 1. The maximum Gasteiger partial charge on any atom is 0.336 e. The van der Waals surface area contributed by atoms with Gasteiger partial charge in [-0.15, -0.1) is 0 Å². The molecule has 1 aliphatic rings. The standard InChI is InChI=1S/C44H53N5O11S/c1-2-14-34(39(52)43(56)46-26-37(51)49-38(40(45)53)29-17-8-4-9-18-29)47-41(54)30(27-61(59,60)31-19-10-5-11-20-31)23-24-36(50)35(25-28-15-6-3-7-16-28)48-42(55)32-21-12-13-22-33(32)44(57)58/h4-5,8-13,17-22,28,30,34-35,38H,2-3,6-7,14-16,23-27H2,1H3,(H2,45,53)(H,46,56)(H,47,54)(H,48,55)(H,49,51)(H,57,58)/t30?,34?,35?,38-/m0/s1. The Morgan fingerprint density at radius 1 is 0.754 bits per heavy atom. The molecule has 5 amide bonds. The molecule has 0 aromatic heterocycles. The molecule has 0 radical (unpaired) electrons. The fourth-order valence-corrected chi connectivity index (χ4v) is 8.94. The number of aromatic carboxylic acids is 1. The molecule has 7 N–H and O–H groups in total. The van der Waals surface area contributed by atoms with Gasteiger partial charge in [-0.3, -0.25) is 33.6 Å². The van der Waals surface area contributed by atoms with Crippen molar-refractivity contribution in [2.75, 3.05) is 12.3 Å². The second-order valence-corrected chi connectivity index (χ2v) is 17.2. The van der Waals surface area contributed by atoms with Crippen LogP contribution in [-0.2, 0) is 38.6 Å². The molecular formula is C44H53N5O11S. The Bertz CT molecular complexity index is 2160. The third-order valence-electron chi connectivity index (χ3n) is 10.6. The molecule has 0 spiro atoms. The normalized spacial score (nSPS) is 14.9. The Hall–Kier alpha value is -6.23. The summed E-state index contributed by atoms with van der Waals surface area (Å²) in [4.78, 5) is 104. The Balaban J connectivity index is 1.51. The van der Waals surface area contributed by atoms with E-state index in [0.717, 1.165) is 32.1 Å². The van der Waals surface area contributed by atoms with E-state index in [-0.39, 0.29) is 47.6 Å². The van der Waals surface area contributed by atoms with Gasteiger partial charge in [0.15, 0.2) is 15.6 Å². The van der Waals surface area contributed by atoms with Gasteiger partial charge in [-0.05, 0) is 55.0 Å². The number of carbonyl (C=O) groups excluding carboxylic acids is 7. The van der Waals surface area contributed by atoms with Gasteiger partial charge in [0.05, 0.1) is 46.3 Å². The minimum atomic E-state index is -4.14. The van der Waals surface area contributed by atoms with Gasteiger partial charge in [0.1, 0.15) is 6.04 Å². The summed E-state index contributed by atoms with van der Waals surface area (Å²) in [6, 6.07) is 17.3. The van der Waals surface area contributed by atoms with E-state index in [9.17, 15) is 51.9 Å². The van der Waals surface area contributed by atoms with Crippen molar-refractivity contribution in [3.05, 3.63) is 102 Å². The van der Waals surface area contributed by atoms with Gasteiger partial charge >= 0.3 is 5.97 Å². The maximum absolute atomic E-state index is 14.0. The number of nitrogens with one attached hydrogen (secondary N) is 4. The number of amides is 5. The smallest absolute Gasteiger partial charge is 0.336 e. The molecule has 4 atom stereocenters. The van der Waals surface area contributed by atoms with E-state index in [1.165, 1.54) is 48.5 Å². The van der Waals surface area contributed by atoms with Gasteiger partial charge in [0.2, 0.25) is 23.5 Å². The molecule has 0 aliphatic heterocycles. The Morgan fingerprint density at radius 2 is 1.36 bits per heavy atom. The number of Topliss-reactive ketones (excluding diaryl/α,β-unsaturated/α-hetero) is 2. The van der Waals surface area contributed by atoms with Crippen molar-refractivity contribution in [2.24, 2.45) is 17.6 Å². The number of benzene rings is 3. The van der Waals surface area contributed by atoms with Crippen molar-refractivity contribution >= 4 is 56.9 Å². The van der Waals surface area contributed by atoms with E-state index >= 15 is 0 Å². The first-order valence-electron chi connectivity index (χ1n) is 20.3. The summed E-state index contributed by atoms with van der Waals surface area (Å²) in [5.41, 5.74) is 5.46. The lowest BCUT2D eigenvalue weighted by Crippen LogP contribution is -2.51. The minimum Gasteiger partial charge on any atom is -0.478 e. The van der Waals surface area contributed by atoms with Crippen molar-refractivity contribution in [1.82, 2.24) is 21.3 Å². The van der Waals surface area contributed by atoms with Crippen molar-refractivity contribution in [3.63, 3.8) is 0 Å². The molecule has 1 saturated carbocycles. The van der Waals surface area contributed by atoms with Crippen LogP contribution in [0.2, 0.25) is 0 Å². The topological polar surface area (TPSA) is 265 Å². The lowest BCUT2D eigenvalue weighted by Gasteiger charge is -2.27. The summed E-state index contributed by atoms with van der Waals surface area (Å²) in [6.07, 6.45) is 4.39. The highest BCUT2D eigenvalue weighted by Gasteiger charge is 2.34. The SMILES string of the molecule is CCCC(NC(=O)C(CCC(=O)C(CC1CCCCC1)NC(=O)c1ccccc1C(=O)O)CS(=O)(=O)c1ccccc1)C(=O)C(=O)NCC(=O)N[C@H](C(N)=O)c1ccccc1. The van der Waals surface area contributed by atoms with Crippen LogP contribution in [0.1, 0.15) is 103 Å². The third-order valence-corrected chi connectivity index (χ3v) is 12.4. The third kappa shape index (κ3) is 14.2. The van der Waals surface area contributed by atoms with E-state index in [1.807, 2.05) is 0 Å². The minimum absolute atomic E-state index is 0.0354. The first-order valence-corrected chi connectivity index (χ1v) is 22.0. The molecule has 4 rings (SSSR count). The summed E-state index contributed by atoms with van der Waals surface area (Å²) in [5, 5.41) is 19.5. The van der Waals surface area contributed by atoms with Gasteiger partial charge in [-0.1, -0.05) is 106 Å². The molecule has 17 heteroatoms. The van der Waals surface area contributed by atoms with Crippen LogP contribution < -0.4 is 27.0 Å². The molecule has 0 saturated heterocycles. The van der Waals surface area contributed by atoms with E-state index in [1.54, 1.807) is 43.3 Å². The molecule has 1 fully saturated rings. The lowest BCUT2D eigenvalue weighted by molar-refractivity contribution is -0.141. The Morgan fingerprint density at radius 3 is 1.97 bits per heavy atom. The zero-order valence-electron chi connectivity index (χ0n) is 34.0. The van der Waals surface area contributed by atoms with Gasteiger partial charge in [-0.25, -0.2) is 13.2 Å². The number of ketones is 2. The fourth-order valence-electron chi connectivity index (χ4n) is 7.33. The van der Waals surface area contributed by atoms with Crippen molar-refractivity contribution in [2.45, 2.75) is 94.2 Å². The highest BCUT2D eigenvalue weighted by atomic mass is 32.2. The number of sulfone groups is 1. The maximum atomic E-state index is 14.0. The van der Waals surface area contributed by atoms with Crippen LogP contribution in [0.5, 0.6) is 0 Å². The van der Waals surface area contributed by atoms with Gasteiger partial charge in [0.25, 0.3) is 11.8 Å². The van der Waals surface area contributed by atoms with Gasteiger partial charge in [-0.2, -0.15) is 0 Å². The van der Waals surface area contributed by atoms with Crippen LogP contribution >= 0.6 is 0 Å². The zero-order chi connectivity index (χ0) is 44.5. The van der Waals surface area contributed by atoms with Gasteiger partial charge in [0, 0.05) is 6.42 Å². The molecule has 3 aromatic rings. The highest BCUT2D eigenvalue weighted by molar-refractivity contribution is 7.91. The number of hydrogen-bond acceptors (Lipinski definition) is 10. The summed E-state index contributed by atoms with van der Waals surface area (Å²) in [6.45, 7) is 0.978. The molecule has 326 valence electrons. The van der Waals surface area contributed by atoms with Crippen molar-refractivity contribution < 1.29 is 51.9 Å². The zero-order valence-corrected chi connectivity index (χ0v) is 34.8. The quantitative estimate of drug-likeness (QED) is 0.0754. The van der Waals surface area contributed by atoms with Gasteiger partial charge < -0.3 is 32.1 Å². The summed E-state index contributed by atoms with van der Waals surface area (Å²) >= 11 is 0. The van der Waals surface area contributed by atoms with Crippen LogP contribution in [0.3, 0.4) is 0 Å². The molecule has 3 aromatic carbocycles. The monoisotopic (exact) mass is 859 g/mol. The predicted octanol–water partition coefficient (Wildman–Crippen LogP) is 3.21. The average molecular weight is 860 g/mol. The van der Waals surface area contributed by atoms with Crippen LogP contribution in [0, 0.1) is 11.8 Å². The van der Waals surface area contributed by atoms with Crippen molar-refractivity contribution in [1.29, 1.82) is 0 Å². The lowest BCUT2D eigenvalue weighted by atomic mass is 9.83. The molecule has 3 unspecified atom stereocenters. The molecule has 0 heterocycles. The second-order valence-electron chi connectivity index (χ2n) is 15.1. The molecule has 16 nitrogen and oxygen atoms in total. The first-order chi connectivity index (χ1) is 29.1. The summed E-state index contributed by atoms with van der Waals surface area (Å²) in [5.74, 6) is -9.61. The molecule has 0 bridgehead atoms. The van der Waals surface area contributed by atoms with Crippen LogP contribution in [-0.4, -0.2) is 85.0 Å². The summed E-state index contributed by atoms with van der Waals surface area (Å²) in [7, 11) is -4.14. The largest absolute Gasteiger partial charge is 0.478 e.